The van der Waals surface area contributed by atoms with Crippen molar-refractivity contribution >= 4 is 13.7 Å². The van der Waals surface area contributed by atoms with E-state index in [4.69, 9.17) is 9.05 Å². The summed E-state index contributed by atoms with van der Waals surface area (Å²) in [5.41, 5.74) is 2.38. The highest BCUT2D eigenvalue weighted by molar-refractivity contribution is 7.56. The van der Waals surface area contributed by atoms with Gasteiger partial charge in [-0.2, -0.15) is 0 Å². The van der Waals surface area contributed by atoms with Crippen LogP contribution in [0.2, 0.25) is 0 Å². The summed E-state index contributed by atoms with van der Waals surface area (Å²) < 4.78 is 11.8. The van der Waals surface area contributed by atoms with Gasteiger partial charge in [0.15, 0.2) is 0 Å². The van der Waals surface area contributed by atoms with Gasteiger partial charge in [-0.25, -0.2) is 0 Å². The Morgan fingerprint density at radius 3 is 2.37 bits per heavy atom. The van der Waals surface area contributed by atoms with Crippen molar-refractivity contribution in [1.82, 2.24) is 0 Å². The number of hydrogen-bond donors (Lipinski definition) is 0. The molecule has 0 fully saturated rings. The first kappa shape index (κ1) is 14.0. The fraction of sp³-hybridized carbons (Fsp3) is 0.250. The molecule has 2 aromatic carbocycles. The van der Waals surface area contributed by atoms with E-state index in [2.05, 4.69) is 26.0 Å². The highest BCUT2D eigenvalue weighted by Crippen LogP contribution is 2.39. The highest BCUT2D eigenvalue weighted by Gasteiger charge is 2.15. The first-order valence-electron chi connectivity index (χ1n) is 6.44. The van der Waals surface area contributed by atoms with Crippen LogP contribution in [0.1, 0.15) is 18.1 Å². The van der Waals surface area contributed by atoms with E-state index in [1.165, 1.54) is 5.56 Å². The summed E-state index contributed by atoms with van der Waals surface area (Å²) in [5, 5.41) is 1.10. The third-order valence-corrected chi connectivity index (χ3v) is 4.30. The van der Waals surface area contributed by atoms with Crippen molar-refractivity contribution in [1.29, 1.82) is 0 Å². The summed E-state index contributed by atoms with van der Waals surface area (Å²) in [7, 11) is -1.06. The number of aryl methyl sites for hydroxylation is 2. The van der Waals surface area contributed by atoms with Crippen LogP contribution in [0.25, 0.3) is 0 Å². The van der Waals surface area contributed by atoms with Gasteiger partial charge in [0.05, 0.1) is 6.61 Å². The van der Waals surface area contributed by atoms with Gasteiger partial charge in [0, 0.05) is 5.30 Å². The Balaban J connectivity index is 2.21. The smallest absolute Gasteiger partial charge is 0.265 e. The zero-order chi connectivity index (χ0) is 13.7. The van der Waals surface area contributed by atoms with Crippen LogP contribution < -0.4 is 9.83 Å². The molecule has 0 heterocycles. The van der Waals surface area contributed by atoms with Crippen molar-refractivity contribution < 1.29 is 9.05 Å². The van der Waals surface area contributed by atoms with Gasteiger partial charge in [0.2, 0.25) is 0 Å². The predicted molar refractivity (Wildman–Crippen MR) is 81.2 cm³/mol. The number of rotatable bonds is 5. The van der Waals surface area contributed by atoms with Gasteiger partial charge < -0.3 is 9.05 Å². The topological polar surface area (TPSA) is 18.5 Å². The summed E-state index contributed by atoms with van der Waals surface area (Å²) >= 11 is 0. The minimum atomic E-state index is -1.06. The highest BCUT2D eigenvalue weighted by atomic mass is 31.2. The second kappa shape index (κ2) is 6.70. The summed E-state index contributed by atoms with van der Waals surface area (Å²) in [5.74, 6) is 0.897. The lowest BCUT2D eigenvalue weighted by molar-refractivity contribution is 0.341. The maximum Gasteiger partial charge on any atom is 0.265 e. The lowest BCUT2D eigenvalue weighted by Crippen LogP contribution is -2.08. The fourth-order valence-electron chi connectivity index (χ4n) is 1.81. The maximum absolute atomic E-state index is 6.07. The molecule has 0 aliphatic rings. The van der Waals surface area contributed by atoms with Gasteiger partial charge >= 0.3 is 0 Å². The molecule has 0 amide bonds. The second-order valence-electron chi connectivity index (χ2n) is 4.37. The van der Waals surface area contributed by atoms with Gasteiger partial charge in [0.25, 0.3) is 8.38 Å². The van der Waals surface area contributed by atoms with Crippen LogP contribution in [-0.2, 0) is 4.52 Å². The molecular weight excluding hydrogens is 255 g/mol. The normalized spacial score (nSPS) is 12.2. The van der Waals surface area contributed by atoms with Crippen LogP contribution >= 0.6 is 8.38 Å². The Morgan fingerprint density at radius 1 is 1.00 bits per heavy atom. The number of hydrogen-bond acceptors (Lipinski definition) is 2. The first-order chi connectivity index (χ1) is 9.20. The van der Waals surface area contributed by atoms with Crippen molar-refractivity contribution in [2.24, 2.45) is 0 Å². The monoisotopic (exact) mass is 274 g/mol. The molecule has 1 unspecified atom stereocenters. The largest absolute Gasteiger partial charge is 0.444 e. The molecule has 0 aromatic heterocycles. The zero-order valence-electron chi connectivity index (χ0n) is 11.6. The molecule has 0 saturated carbocycles. The molecule has 2 rings (SSSR count). The average molecular weight is 274 g/mol. The summed E-state index contributed by atoms with van der Waals surface area (Å²) in [6.45, 7) is 6.78. The molecule has 0 saturated heterocycles. The Hall–Kier alpha value is -1.37. The summed E-state index contributed by atoms with van der Waals surface area (Å²) in [6.07, 6.45) is 0. The molecule has 1 atom stereocenters. The van der Waals surface area contributed by atoms with Crippen molar-refractivity contribution in [3.8, 4) is 5.75 Å². The molecule has 100 valence electrons. The molecule has 0 aliphatic carbocycles. The standard InChI is InChI=1S/C16H19O2P/c1-4-17-19(15-8-6-5-7-9-15)18-16-11-10-13(2)12-14(16)3/h5-12H,4H2,1-3H3. The molecule has 19 heavy (non-hydrogen) atoms. The molecule has 3 heteroatoms. The predicted octanol–water partition coefficient (Wildman–Crippen LogP) is 4.36. The third-order valence-electron chi connectivity index (χ3n) is 2.73. The van der Waals surface area contributed by atoms with E-state index < -0.39 is 8.38 Å². The van der Waals surface area contributed by atoms with Crippen molar-refractivity contribution in [3.63, 3.8) is 0 Å². The van der Waals surface area contributed by atoms with Crippen LogP contribution in [0.4, 0.5) is 0 Å². The van der Waals surface area contributed by atoms with Crippen LogP contribution in [0.15, 0.2) is 48.5 Å². The molecule has 0 N–H and O–H groups in total. The van der Waals surface area contributed by atoms with Crippen LogP contribution in [-0.4, -0.2) is 6.61 Å². The fourth-order valence-corrected chi connectivity index (χ4v) is 3.15. The molecule has 2 nitrogen and oxygen atoms in total. The van der Waals surface area contributed by atoms with Crippen molar-refractivity contribution in [2.45, 2.75) is 20.8 Å². The van der Waals surface area contributed by atoms with Crippen LogP contribution in [0, 0.1) is 13.8 Å². The van der Waals surface area contributed by atoms with E-state index in [1.807, 2.05) is 43.3 Å². The minimum absolute atomic E-state index is 0.644. The van der Waals surface area contributed by atoms with E-state index in [0.29, 0.717) is 6.61 Å². The Labute approximate surface area is 116 Å². The van der Waals surface area contributed by atoms with Crippen molar-refractivity contribution in [3.05, 3.63) is 59.7 Å². The van der Waals surface area contributed by atoms with E-state index in [0.717, 1.165) is 16.6 Å². The first-order valence-corrected chi connectivity index (χ1v) is 7.61. The molecule has 0 radical (unpaired) electrons. The molecule has 2 aromatic rings. The maximum atomic E-state index is 6.07. The van der Waals surface area contributed by atoms with E-state index in [-0.39, 0.29) is 0 Å². The summed E-state index contributed by atoms with van der Waals surface area (Å²) in [4.78, 5) is 0. The second-order valence-corrected chi connectivity index (χ2v) is 5.84. The minimum Gasteiger partial charge on any atom is -0.444 e. The summed E-state index contributed by atoms with van der Waals surface area (Å²) in [6, 6.07) is 16.3. The Bertz CT molecular complexity index is 526. The lowest BCUT2D eigenvalue weighted by atomic mass is 10.1. The molecular formula is C16H19O2P. The Kier molecular flexibility index (Phi) is 4.95. The van der Waals surface area contributed by atoms with E-state index >= 15 is 0 Å². The van der Waals surface area contributed by atoms with E-state index in [9.17, 15) is 0 Å². The van der Waals surface area contributed by atoms with Gasteiger partial charge in [-0.3, -0.25) is 0 Å². The van der Waals surface area contributed by atoms with Gasteiger partial charge in [0.1, 0.15) is 5.75 Å². The van der Waals surface area contributed by atoms with Crippen LogP contribution in [0.3, 0.4) is 0 Å². The van der Waals surface area contributed by atoms with Crippen molar-refractivity contribution in [2.75, 3.05) is 6.61 Å². The zero-order valence-corrected chi connectivity index (χ0v) is 12.5. The number of benzene rings is 2. The third kappa shape index (κ3) is 3.79. The molecule has 0 spiro atoms. The van der Waals surface area contributed by atoms with Gasteiger partial charge in [-0.15, -0.1) is 0 Å². The molecule has 0 bridgehead atoms. The molecule has 0 aliphatic heterocycles. The Morgan fingerprint density at radius 2 is 1.74 bits per heavy atom. The lowest BCUT2D eigenvalue weighted by Gasteiger charge is -2.19. The average Bonchev–Trinajstić information content (AvgIpc) is 2.42. The SMILES string of the molecule is CCOP(Oc1ccc(C)cc1C)c1ccccc1. The van der Waals surface area contributed by atoms with Crippen LogP contribution in [0.5, 0.6) is 5.75 Å². The quantitative estimate of drug-likeness (QED) is 0.754. The van der Waals surface area contributed by atoms with Gasteiger partial charge in [-0.05, 0) is 44.5 Å². The van der Waals surface area contributed by atoms with Gasteiger partial charge in [-0.1, -0.05) is 35.9 Å². The van der Waals surface area contributed by atoms with E-state index in [1.54, 1.807) is 0 Å².